The van der Waals surface area contributed by atoms with Crippen LogP contribution < -0.4 is 5.32 Å². The van der Waals surface area contributed by atoms with Gasteiger partial charge in [0.25, 0.3) is 0 Å². The molecule has 1 aromatic carbocycles. The van der Waals surface area contributed by atoms with Gasteiger partial charge in [-0.25, -0.2) is 0 Å². The summed E-state index contributed by atoms with van der Waals surface area (Å²) in [5.41, 5.74) is 9.60. The summed E-state index contributed by atoms with van der Waals surface area (Å²) < 4.78 is 2.42. The third-order valence-corrected chi connectivity index (χ3v) is 7.32. The number of nitrogens with zero attached hydrogens (tertiary/aromatic N) is 4. The monoisotopic (exact) mass is 481 g/mol. The number of hydrogen-bond donors (Lipinski definition) is 1. The SMILES string of the molecule is CCc1cccc(C)c1-n1c(C)cc([C@@H]2[C@H](c3ccccn3)NC(=S)N2Cc2ccccn2)c1C. The molecule has 1 fully saturated rings. The Morgan fingerprint density at radius 3 is 2.40 bits per heavy atom. The lowest BCUT2D eigenvalue weighted by Crippen LogP contribution is -2.29. The Hall–Kier alpha value is -3.51. The van der Waals surface area contributed by atoms with E-state index in [1.807, 2.05) is 36.7 Å². The van der Waals surface area contributed by atoms with Gasteiger partial charge in [-0.3, -0.25) is 9.97 Å². The molecule has 2 atom stereocenters. The van der Waals surface area contributed by atoms with E-state index < -0.39 is 0 Å². The van der Waals surface area contributed by atoms with Crippen molar-refractivity contribution in [2.75, 3.05) is 0 Å². The van der Waals surface area contributed by atoms with Gasteiger partial charge >= 0.3 is 0 Å². The summed E-state index contributed by atoms with van der Waals surface area (Å²) in [6, 6.07) is 20.9. The zero-order chi connectivity index (χ0) is 24.5. The van der Waals surface area contributed by atoms with Crippen molar-refractivity contribution < 1.29 is 0 Å². The smallest absolute Gasteiger partial charge is 0.170 e. The van der Waals surface area contributed by atoms with Crippen molar-refractivity contribution >= 4 is 17.3 Å². The van der Waals surface area contributed by atoms with Gasteiger partial charge in [0, 0.05) is 23.8 Å². The zero-order valence-electron chi connectivity index (χ0n) is 20.7. The Balaban J connectivity index is 1.66. The molecule has 0 saturated carbocycles. The normalized spacial score (nSPS) is 17.6. The third kappa shape index (κ3) is 4.23. The lowest BCUT2D eigenvalue weighted by atomic mass is 9.96. The molecule has 3 aromatic heterocycles. The number of aromatic nitrogens is 3. The summed E-state index contributed by atoms with van der Waals surface area (Å²) in [5, 5.41) is 4.30. The van der Waals surface area contributed by atoms with E-state index >= 15 is 0 Å². The van der Waals surface area contributed by atoms with Gasteiger partial charge < -0.3 is 14.8 Å². The van der Waals surface area contributed by atoms with Gasteiger partial charge in [-0.15, -0.1) is 0 Å². The van der Waals surface area contributed by atoms with E-state index in [0.29, 0.717) is 6.54 Å². The summed E-state index contributed by atoms with van der Waals surface area (Å²) in [5.74, 6) is 0. The zero-order valence-corrected chi connectivity index (χ0v) is 21.5. The molecule has 0 aliphatic carbocycles. The molecule has 178 valence electrons. The Bertz CT molecular complexity index is 1350. The number of para-hydroxylation sites is 1. The summed E-state index contributed by atoms with van der Waals surface area (Å²) in [6.45, 7) is 9.47. The van der Waals surface area contributed by atoms with Crippen molar-refractivity contribution in [3.05, 3.63) is 113 Å². The maximum Gasteiger partial charge on any atom is 0.170 e. The van der Waals surface area contributed by atoms with Crippen molar-refractivity contribution in [3.8, 4) is 5.69 Å². The fourth-order valence-electron chi connectivity index (χ4n) is 5.34. The van der Waals surface area contributed by atoms with Crippen LogP contribution in [0.3, 0.4) is 0 Å². The Kier molecular flexibility index (Phi) is 6.39. The summed E-state index contributed by atoms with van der Waals surface area (Å²) in [4.78, 5) is 11.5. The number of thiocarbonyl (C=S) groups is 1. The van der Waals surface area contributed by atoms with Gasteiger partial charge in [0.2, 0.25) is 0 Å². The van der Waals surface area contributed by atoms with Gasteiger partial charge in [-0.1, -0.05) is 37.3 Å². The molecule has 1 N–H and O–H groups in total. The number of hydrogen-bond acceptors (Lipinski definition) is 3. The highest BCUT2D eigenvalue weighted by Gasteiger charge is 2.41. The predicted octanol–water partition coefficient (Wildman–Crippen LogP) is 5.93. The van der Waals surface area contributed by atoms with Crippen molar-refractivity contribution in [1.82, 2.24) is 24.8 Å². The first-order chi connectivity index (χ1) is 17.0. The lowest BCUT2D eigenvalue weighted by Gasteiger charge is -2.28. The minimum atomic E-state index is -0.0520. The van der Waals surface area contributed by atoms with E-state index in [1.54, 1.807) is 0 Å². The van der Waals surface area contributed by atoms with Gasteiger partial charge in [0.1, 0.15) is 0 Å². The van der Waals surface area contributed by atoms with Crippen molar-refractivity contribution in [1.29, 1.82) is 0 Å². The van der Waals surface area contributed by atoms with Crippen molar-refractivity contribution in [2.24, 2.45) is 0 Å². The van der Waals surface area contributed by atoms with E-state index in [0.717, 1.165) is 22.9 Å². The molecule has 0 unspecified atom stereocenters. The highest BCUT2D eigenvalue weighted by Crippen LogP contribution is 2.42. The predicted molar refractivity (Wildman–Crippen MR) is 145 cm³/mol. The molecule has 0 amide bonds. The molecule has 35 heavy (non-hydrogen) atoms. The molecule has 5 rings (SSSR count). The highest BCUT2D eigenvalue weighted by molar-refractivity contribution is 7.80. The largest absolute Gasteiger partial charge is 0.352 e. The fourth-order valence-corrected chi connectivity index (χ4v) is 5.64. The second kappa shape index (κ2) is 9.62. The van der Waals surface area contributed by atoms with Gasteiger partial charge in [-0.2, -0.15) is 0 Å². The molecule has 5 nitrogen and oxygen atoms in total. The second-order valence-electron chi connectivity index (χ2n) is 9.17. The number of pyridine rings is 2. The molecule has 6 heteroatoms. The molecular formula is C29H31N5S. The van der Waals surface area contributed by atoms with Crippen molar-refractivity contribution in [3.63, 3.8) is 0 Å². The second-order valence-corrected chi connectivity index (χ2v) is 9.56. The number of aryl methyl sites for hydroxylation is 3. The third-order valence-electron chi connectivity index (χ3n) is 6.97. The number of rotatable bonds is 6. The first kappa shape index (κ1) is 23.2. The van der Waals surface area contributed by atoms with Crippen LogP contribution in [0.4, 0.5) is 0 Å². The average molecular weight is 482 g/mol. The minimum Gasteiger partial charge on any atom is -0.352 e. The average Bonchev–Trinajstić information content (AvgIpc) is 3.35. The van der Waals surface area contributed by atoms with Crippen LogP contribution in [0.2, 0.25) is 0 Å². The minimum absolute atomic E-state index is 0.00606. The maximum absolute atomic E-state index is 5.88. The molecule has 0 radical (unpaired) electrons. The van der Waals surface area contributed by atoms with Crippen molar-refractivity contribution in [2.45, 2.75) is 52.7 Å². The molecular weight excluding hydrogens is 450 g/mol. The van der Waals surface area contributed by atoms with E-state index in [9.17, 15) is 0 Å². The van der Waals surface area contributed by atoms with Crippen LogP contribution in [0.15, 0.2) is 73.1 Å². The van der Waals surface area contributed by atoms with Gasteiger partial charge in [0.15, 0.2) is 5.11 Å². The van der Waals surface area contributed by atoms with Crippen LogP contribution in [0, 0.1) is 20.8 Å². The molecule has 1 aliphatic heterocycles. The van der Waals surface area contributed by atoms with Crippen LogP contribution in [0.1, 0.15) is 58.5 Å². The summed E-state index contributed by atoms with van der Waals surface area (Å²) in [6.07, 6.45) is 4.67. The van der Waals surface area contributed by atoms with Crippen LogP contribution in [-0.2, 0) is 13.0 Å². The molecule has 4 aromatic rings. The maximum atomic E-state index is 5.88. The van der Waals surface area contributed by atoms with Gasteiger partial charge in [-0.05, 0) is 86.4 Å². The fraction of sp³-hybridized carbons (Fsp3) is 0.276. The Morgan fingerprint density at radius 1 is 0.943 bits per heavy atom. The topological polar surface area (TPSA) is 46.0 Å². The molecule has 0 spiro atoms. The van der Waals surface area contributed by atoms with E-state index in [2.05, 4.69) is 83.9 Å². The molecule has 1 aliphatic rings. The van der Waals surface area contributed by atoms with E-state index in [4.69, 9.17) is 17.2 Å². The van der Waals surface area contributed by atoms with Crippen LogP contribution in [0.25, 0.3) is 5.69 Å². The van der Waals surface area contributed by atoms with E-state index in [1.165, 1.54) is 33.8 Å². The first-order valence-corrected chi connectivity index (χ1v) is 12.6. The molecule has 4 heterocycles. The Labute approximate surface area is 212 Å². The quantitative estimate of drug-likeness (QED) is 0.346. The van der Waals surface area contributed by atoms with E-state index in [-0.39, 0.29) is 12.1 Å². The standard InChI is InChI=1S/C29H31N5S/c1-5-22-12-10-11-19(2)27(22)34-20(3)17-24(21(34)4)28-26(25-14-7-9-16-31-25)32-29(35)33(28)18-23-13-6-8-15-30-23/h6-17,26,28H,5,18H2,1-4H3,(H,32,35)/t26-,28+/m0/s1. The highest BCUT2D eigenvalue weighted by atomic mass is 32.1. The van der Waals surface area contributed by atoms with Crippen LogP contribution in [0.5, 0.6) is 0 Å². The summed E-state index contributed by atoms with van der Waals surface area (Å²) in [7, 11) is 0. The molecule has 0 bridgehead atoms. The number of benzene rings is 1. The first-order valence-electron chi connectivity index (χ1n) is 12.1. The van der Waals surface area contributed by atoms with Crippen LogP contribution >= 0.6 is 12.2 Å². The number of nitrogens with one attached hydrogen (secondary N) is 1. The Morgan fingerprint density at radius 2 is 1.71 bits per heavy atom. The summed E-state index contributed by atoms with van der Waals surface area (Å²) >= 11 is 5.88. The van der Waals surface area contributed by atoms with Crippen LogP contribution in [-0.4, -0.2) is 24.5 Å². The molecule has 1 saturated heterocycles. The lowest BCUT2D eigenvalue weighted by molar-refractivity contribution is 0.307. The van der Waals surface area contributed by atoms with Gasteiger partial charge in [0.05, 0.1) is 35.7 Å².